The lowest BCUT2D eigenvalue weighted by atomic mass is 10.3. The number of rotatable bonds is 4. The van der Waals surface area contributed by atoms with Crippen LogP contribution in [0.15, 0.2) is 24.3 Å². The van der Waals surface area contributed by atoms with E-state index in [1.807, 2.05) is 0 Å². The molecule has 2 amide bonds. The fourth-order valence-electron chi connectivity index (χ4n) is 1.51. The summed E-state index contributed by atoms with van der Waals surface area (Å²) in [6.45, 7) is 0. The third-order valence-electron chi connectivity index (χ3n) is 2.38. The summed E-state index contributed by atoms with van der Waals surface area (Å²) < 4.78 is 4.80. The largest absolute Gasteiger partial charge is 0.539 e. The Labute approximate surface area is 113 Å². The van der Waals surface area contributed by atoms with Gasteiger partial charge in [-0.25, -0.2) is 4.79 Å². The average molecular weight is 281 g/mol. The molecule has 2 rings (SSSR count). The first-order valence-electron chi connectivity index (χ1n) is 5.66. The van der Waals surface area contributed by atoms with E-state index in [4.69, 9.17) is 9.62 Å². The summed E-state index contributed by atoms with van der Waals surface area (Å²) >= 11 is 0. The zero-order chi connectivity index (χ0) is 14.5. The highest BCUT2D eigenvalue weighted by atomic mass is 17.2. The number of hydrogen-bond acceptors (Lipinski definition) is 7. The molecule has 1 aliphatic heterocycles. The lowest BCUT2D eigenvalue weighted by Gasteiger charge is -2.12. The number of imide groups is 1. The van der Waals surface area contributed by atoms with Gasteiger partial charge in [0.2, 0.25) is 0 Å². The molecule has 1 aromatic carbocycles. The second kappa shape index (κ2) is 6.02. The van der Waals surface area contributed by atoms with E-state index < -0.39 is 18.0 Å². The summed E-state index contributed by atoms with van der Waals surface area (Å²) in [5.74, 6) is -0.567. The molecular weight excluding hydrogens is 270 g/mol. The van der Waals surface area contributed by atoms with Crippen molar-refractivity contribution in [2.75, 3.05) is 7.11 Å². The molecule has 8 heteroatoms. The number of amides is 2. The number of hydroxylamine groups is 2. The van der Waals surface area contributed by atoms with E-state index >= 15 is 0 Å². The van der Waals surface area contributed by atoms with Gasteiger partial charge >= 0.3 is 6.16 Å². The van der Waals surface area contributed by atoms with Crippen LogP contribution in [0.4, 0.5) is 4.79 Å². The van der Waals surface area contributed by atoms with E-state index in [1.165, 1.54) is 31.4 Å². The van der Waals surface area contributed by atoms with Crippen molar-refractivity contribution in [2.24, 2.45) is 0 Å². The molecule has 1 aliphatic rings. The average Bonchev–Trinajstić information content (AvgIpc) is 2.73. The molecule has 0 bridgehead atoms. The Hall–Kier alpha value is -2.61. The number of nitrogens with zero attached hydrogens (tertiary/aromatic N) is 1. The van der Waals surface area contributed by atoms with Crippen LogP contribution in [0.25, 0.3) is 0 Å². The second-order valence-electron chi connectivity index (χ2n) is 3.75. The van der Waals surface area contributed by atoms with Gasteiger partial charge in [-0.15, -0.1) is 0 Å². The SMILES string of the molecule is COOc1ccc(OC(=O)ON2C(=O)CCC2=O)cc1. The van der Waals surface area contributed by atoms with Crippen molar-refractivity contribution in [3.63, 3.8) is 0 Å². The van der Waals surface area contributed by atoms with Crippen LogP contribution < -0.4 is 9.62 Å². The van der Waals surface area contributed by atoms with Crippen molar-refractivity contribution in [1.29, 1.82) is 0 Å². The molecule has 106 valence electrons. The molecule has 1 heterocycles. The Morgan fingerprint density at radius 2 is 1.60 bits per heavy atom. The molecule has 0 atom stereocenters. The molecule has 8 nitrogen and oxygen atoms in total. The highest BCUT2D eigenvalue weighted by Gasteiger charge is 2.33. The Bertz CT molecular complexity index is 509. The summed E-state index contributed by atoms with van der Waals surface area (Å²) in [6, 6.07) is 5.86. The van der Waals surface area contributed by atoms with Crippen molar-refractivity contribution < 1.29 is 33.7 Å². The molecule has 1 fully saturated rings. The van der Waals surface area contributed by atoms with Gasteiger partial charge in [-0.05, 0) is 24.3 Å². The zero-order valence-electron chi connectivity index (χ0n) is 10.5. The maximum absolute atomic E-state index is 11.4. The molecule has 0 aliphatic carbocycles. The summed E-state index contributed by atoms with van der Waals surface area (Å²) in [7, 11) is 1.35. The highest BCUT2D eigenvalue weighted by Crippen LogP contribution is 2.19. The smallest absolute Gasteiger partial charge is 0.393 e. The molecule has 0 unspecified atom stereocenters. The minimum absolute atomic E-state index is 0.0230. The van der Waals surface area contributed by atoms with Gasteiger partial charge in [-0.2, -0.15) is 4.89 Å². The minimum Gasteiger partial charge on any atom is -0.393 e. The Morgan fingerprint density at radius 3 is 2.15 bits per heavy atom. The van der Waals surface area contributed by atoms with Gasteiger partial charge in [-0.1, -0.05) is 5.06 Å². The van der Waals surface area contributed by atoms with Crippen LogP contribution in [0.3, 0.4) is 0 Å². The van der Waals surface area contributed by atoms with Gasteiger partial charge in [0.05, 0.1) is 7.11 Å². The Kier molecular flexibility index (Phi) is 4.16. The van der Waals surface area contributed by atoms with Crippen LogP contribution in [0.1, 0.15) is 12.8 Å². The summed E-state index contributed by atoms with van der Waals surface area (Å²) in [4.78, 5) is 47.6. The second-order valence-corrected chi connectivity index (χ2v) is 3.75. The minimum atomic E-state index is -1.17. The fourth-order valence-corrected chi connectivity index (χ4v) is 1.51. The Morgan fingerprint density at radius 1 is 1.05 bits per heavy atom. The van der Waals surface area contributed by atoms with E-state index in [0.717, 1.165) is 0 Å². The third kappa shape index (κ3) is 3.23. The number of carbonyl (C=O) groups excluding carboxylic acids is 3. The van der Waals surface area contributed by atoms with Crippen LogP contribution in [-0.4, -0.2) is 30.1 Å². The van der Waals surface area contributed by atoms with Crippen LogP contribution in [0.2, 0.25) is 0 Å². The van der Waals surface area contributed by atoms with Gasteiger partial charge in [0.25, 0.3) is 11.8 Å². The predicted octanol–water partition coefficient (Wildman–Crippen LogP) is 1.21. The lowest BCUT2D eigenvalue weighted by molar-refractivity contribution is -0.178. The molecule has 20 heavy (non-hydrogen) atoms. The van der Waals surface area contributed by atoms with Crippen molar-refractivity contribution in [3.8, 4) is 11.5 Å². The topological polar surface area (TPSA) is 91.4 Å². The lowest BCUT2D eigenvalue weighted by Crippen LogP contribution is -2.33. The van der Waals surface area contributed by atoms with Crippen molar-refractivity contribution in [1.82, 2.24) is 5.06 Å². The molecule has 0 N–H and O–H groups in total. The van der Waals surface area contributed by atoms with Crippen LogP contribution in [0.5, 0.6) is 11.5 Å². The number of ether oxygens (including phenoxy) is 1. The third-order valence-corrected chi connectivity index (χ3v) is 2.38. The summed E-state index contributed by atoms with van der Waals surface area (Å²) in [5.41, 5.74) is 0. The normalized spacial score (nSPS) is 14.3. The van der Waals surface area contributed by atoms with E-state index in [1.54, 1.807) is 0 Å². The maximum atomic E-state index is 11.4. The quantitative estimate of drug-likeness (QED) is 0.269. The van der Waals surface area contributed by atoms with Crippen LogP contribution >= 0.6 is 0 Å². The number of carbonyl (C=O) groups is 3. The van der Waals surface area contributed by atoms with E-state index in [9.17, 15) is 14.4 Å². The van der Waals surface area contributed by atoms with E-state index in [2.05, 4.69) is 9.73 Å². The van der Waals surface area contributed by atoms with E-state index in [0.29, 0.717) is 10.8 Å². The molecule has 1 saturated heterocycles. The first-order chi connectivity index (χ1) is 9.60. The molecule has 0 radical (unpaired) electrons. The molecule has 0 spiro atoms. The van der Waals surface area contributed by atoms with E-state index in [-0.39, 0.29) is 18.6 Å². The van der Waals surface area contributed by atoms with Crippen molar-refractivity contribution in [2.45, 2.75) is 12.8 Å². The van der Waals surface area contributed by atoms with Gasteiger partial charge in [0.1, 0.15) is 5.75 Å². The van der Waals surface area contributed by atoms with Crippen molar-refractivity contribution >= 4 is 18.0 Å². The zero-order valence-corrected chi connectivity index (χ0v) is 10.5. The van der Waals surface area contributed by atoms with Gasteiger partial charge in [-0.3, -0.25) is 14.4 Å². The fraction of sp³-hybridized carbons (Fsp3) is 0.250. The molecule has 0 aromatic heterocycles. The van der Waals surface area contributed by atoms with Crippen LogP contribution in [-0.2, 0) is 19.3 Å². The number of hydrogen-bond donors (Lipinski definition) is 0. The van der Waals surface area contributed by atoms with Gasteiger partial charge < -0.3 is 9.62 Å². The monoisotopic (exact) mass is 281 g/mol. The first kappa shape index (κ1) is 13.8. The summed E-state index contributed by atoms with van der Waals surface area (Å²) in [5, 5.41) is 0.407. The van der Waals surface area contributed by atoms with Crippen LogP contribution in [0, 0.1) is 0 Å². The first-order valence-corrected chi connectivity index (χ1v) is 5.66. The Balaban J connectivity index is 1.91. The molecule has 1 aromatic rings. The number of benzene rings is 1. The molecular formula is C12H11NO7. The highest BCUT2D eigenvalue weighted by molar-refractivity contribution is 6.01. The predicted molar refractivity (Wildman–Crippen MR) is 62.3 cm³/mol. The molecule has 0 saturated carbocycles. The maximum Gasteiger partial charge on any atom is 0.539 e. The standard InChI is InChI=1S/C12H11NO7/c1-17-20-9-4-2-8(3-5-9)18-12(16)19-13-10(14)6-7-11(13)15/h2-5H,6-7H2,1H3. The van der Waals surface area contributed by atoms with Gasteiger partial charge in [0.15, 0.2) is 5.75 Å². The van der Waals surface area contributed by atoms with Crippen molar-refractivity contribution in [3.05, 3.63) is 24.3 Å². The summed E-state index contributed by atoms with van der Waals surface area (Å²) in [6.07, 6.45) is -1.13. The van der Waals surface area contributed by atoms with Gasteiger partial charge in [0, 0.05) is 12.8 Å².